The summed E-state index contributed by atoms with van der Waals surface area (Å²) in [5.41, 5.74) is 39.7. The molecule has 2 aromatic heterocycles. The first kappa shape index (κ1) is 57.3. The summed E-state index contributed by atoms with van der Waals surface area (Å²) in [6, 6.07) is 104. The van der Waals surface area contributed by atoms with Gasteiger partial charge >= 0.3 is 0 Å². The summed E-state index contributed by atoms with van der Waals surface area (Å²) in [6.45, 7) is 13.3. The zero-order chi connectivity index (χ0) is 66.1. The first-order valence-electron chi connectivity index (χ1n) is 34.6. The highest BCUT2D eigenvalue weighted by atomic mass is 16.3. The third-order valence-corrected chi connectivity index (χ3v) is 21.7. The van der Waals surface area contributed by atoms with E-state index in [1.807, 2.05) is 6.07 Å². The summed E-state index contributed by atoms with van der Waals surface area (Å²) in [5, 5.41) is 4.52. The largest absolute Gasteiger partial charge is 0.455 e. The lowest BCUT2D eigenvalue weighted by Gasteiger charge is -2.44. The zero-order valence-electron chi connectivity index (χ0n) is 56.0. The van der Waals surface area contributed by atoms with Gasteiger partial charge in [-0.15, -0.1) is 0 Å². The maximum atomic E-state index is 7.23. The Balaban J connectivity index is 0.708. The molecule has 4 aliphatic rings. The van der Waals surface area contributed by atoms with Gasteiger partial charge in [-0.3, -0.25) is 0 Å². The lowest BCUT2D eigenvalue weighted by molar-refractivity contribution is 0.669. The maximum absolute atomic E-state index is 7.23. The first-order valence-corrected chi connectivity index (χ1v) is 34.6. The number of para-hydroxylation sites is 3. The summed E-state index contributed by atoms with van der Waals surface area (Å²) >= 11 is 0. The van der Waals surface area contributed by atoms with Crippen LogP contribution in [0.2, 0.25) is 0 Å². The average Bonchev–Trinajstić information content (AvgIpc) is 1.47. The number of hydrogen-bond donors (Lipinski definition) is 0. The molecule has 0 spiro atoms. The van der Waals surface area contributed by atoms with Gasteiger partial charge < -0.3 is 28.4 Å². The van der Waals surface area contributed by atoms with Crippen LogP contribution < -0.4 is 52.4 Å². The SMILES string of the molecule is Cc1ccc(N2c3ccc(C)cc3B3c4cc(C)ccc4N(c4ccc(C)c(-c5cccc6c5oc5cccc(Cc7ccc8c(c7)B7c9cc(C)ccc9N(c9ccc(C)cc9)c9cccc(c97)N8c7ccc(-c8cccc9c8oc8ccccc89)cc7)c56)c4)c4cccc2c43)cc1. The molecular weight excluding hydrogens is 1200 g/mol. The van der Waals surface area contributed by atoms with Gasteiger partial charge in [0.15, 0.2) is 0 Å². The molecule has 8 heteroatoms. The Morgan fingerprint density at radius 3 is 1.29 bits per heavy atom. The summed E-state index contributed by atoms with van der Waals surface area (Å²) in [6.07, 6.45) is 0.707. The standard InChI is InChI=1S/C91H66B2N4O2/c1-54-26-37-63(38-27-54)94-77-44-30-56(3)48-73(77)92-75-50-58(5)32-46-79(75)97(84-23-13-22-83(94)89(84)92)66-41-33-59(6)72(53-66)70-18-11-19-71-87-62(14-9-25-86(87)99-91(70)71)51-60-34-47-80-76(52-60)93-74-49-57(4)31-45-78(74)95(64-39-28-55(2)29-40-64)81-20-12-21-82(88(81)93)96(80)65-42-35-61(36-43-65)67-16-10-17-69-68-15-7-8-24-85(68)98-90(67)69/h7-50,52-53H,51H2,1-6H3. The Kier molecular flexibility index (Phi) is 12.6. The molecule has 99 heavy (non-hydrogen) atoms. The Morgan fingerprint density at radius 2 is 0.717 bits per heavy atom. The molecule has 20 rings (SSSR count). The number of aryl methyl sites for hydroxylation is 6. The number of anilines is 12. The maximum Gasteiger partial charge on any atom is 0.252 e. The fourth-order valence-electron chi connectivity index (χ4n) is 17.2. The molecule has 0 N–H and O–H groups in total. The second-order valence-electron chi connectivity index (χ2n) is 28.0. The van der Waals surface area contributed by atoms with Gasteiger partial charge in [0, 0.05) is 101 Å². The molecule has 0 aliphatic carbocycles. The van der Waals surface area contributed by atoms with Crippen LogP contribution in [0.25, 0.3) is 66.1 Å². The van der Waals surface area contributed by atoms with E-state index in [0.717, 1.165) is 88.9 Å². The second kappa shape index (κ2) is 21.8. The van der Waals surface area contributed by atoms with Crippen LogP contribution in [-0.4, -0.2) is 13.4 Å². The Hall–Kier alpha value is -12.0. The summed E-state index contributed by atoms with van der Waals surface area (Å²) in [5.74, 6) is 0. The molecule has 0 atom stereocenters. The van der Waals surface area contributed by atoms with Gasteiger partial charge in [-0.25, -0.2) is 0 Å². The molecule has 0 saturated carbocycles. The number of fused-ring (bicyclic) bond motifs is 14. The van der Waals surface area contributed by atoms with Crippen molar-refractivity contribution in [1.82, 2.24) is 0 Å². The molecule has 6 heterocycles. The van der Waals surface area contributed by atoms with E-state index < -0.39 is 0 Å². The molecule has 4 aliphatic heterocycles. The van der Waals surface area contributed by atoms with Crippen molar-refractivity contribution in [3.63, 3.8) is 0 Å². The van der Waals surface area contributed by atoms with E-state index in [2.05, 4.69) is 334 Å². The van der Waals surface area contributed by atoms with Gasteiger partial charge in [-0.05, 0) is 218 Å². The van der Waals surface area contributed by atoms with Crippen LogP contribution in [0.15, 0.2) is 288 Å². The van der Waals surface area contributed by atoms with Crippen LogP contribution in [0, 0.1) is 41.5 Å². The van der Waals surface area contributed by atoms with Gasteiger partial charge in [0.1, 0.15) is 22.3 Å². The van der Waals surface area contributed by atoms with Crippen molar-refractivity contribution in [1.29, 1.82) is 0 Å². The van der Waals surface area contributed by atoms with Gasteiger partial charge in [0.25, 0.3) is 13.4 Å². The van der Waals surface area contributed by atoms with E-state index >= 15 is 0 Å². The number of nitrogens with zero attached hydrogens (tertiary/aromatic N) is 4. The molecule has 0 radical (unpaired) electrons. The fraction of sp³-hybridized carbons (Fsp3) is 0.0769. The lowest BCUT2D eigenvalue weighted by atomic mass is 9.33. The summed E-state index contributed by atoms with van der Waals surface area (Å²) < 4.78 is 13.8. The molecular formula is C91H66B2N4O2. The Morgan fingerprint density at radius 1 is 0.293 bits per heavy atom. The van der Waals surface area contributed by atoms with Crippen LogP contribution in [0.4, 0.5) is 68.2 Å². The van der Waals surface area contributed by atoms with Gasteiger partial charge in [0.2, 0.25) is 0 Å². The van der Waals surface area contributed by atoms with E-state index in [1.54, 1.807) is 0 Å². The first-order chi connectivity index (χ1) is 48.5. The van der Waals surface area contributed by atoms with Crippen LogP contribution >= 0.6 is 0 Å². The average molecular weight is 1270 g/mol. The molecule has 468 valence electrons. The van der Waals surface area contributed by atoms with Crippen molar-refractivity contribution < 1.29 is 8.83 Å². The van der Waals surface area contributed by atoms with E-state index in [-0.39, 0.29) is 13.4 Å². The smallest absolute Gasteiger partial charge is 0.252 e. The highest BCUT2D eigenvalue weighted by molar-refractivity contribution is 7.01. The third-order valence-electron chi connectivity index (χ3n) is 21.7. The second-order valence-corrected chi connectivity index (χ2v) is 28.0. The number of rotatable bonds is 8. The van der Waals surface area contributed by atoms with E-state index in [9.17, 15) is 0 Å². The minimum Gasteiger partial charge on any atom is -0.455 e. The topological polar surface area (TPSA) is 39.2 Å². The predicted molar refractivity (Wildman–Crippen MR) is 418 cm³/mol. The van der Waals surface area contributed by atoms with Gasteiger partial charge in [0.05, 0.1) is 0 Å². The van der Waals surface area contributed by atoms with Gasteiger partial charge in [-0.1, -0.05) is 198 Å². The number of furan rings is 2. The molecule has 16 aromatic rings. The van der Waals surface area contributed by atoms with Crippen molar-refractivity contribution in [3.8, 4) is 22.3 Å². The van der Waals surface area contributed by atoms with E-state index in [1.165, 1.54) is 123 Å². The Labute approximate surface area is 577 Å². The molecule has 0 unspecified atom stereocenters. The lowest BCUT2D eigenvalue weighted by Crippen LogP contribution is -2.61. The number of hydrogen-bond acceptors (Lipinski definition) is 6. The normalized spacial score (nSPS) is 13.3. The van der Waals surface area contributed by atoms with Crippen LogP contribution in [0.1, 0.15) is 44.5 Å². The number of benzene rings is 14. The highest BCUT2D eigenvalue weighted by Crippen LogP contribution is 2.49. The molecule has 0 fully saturated rings. The quantitative estimate of drug-likeness (QED) is 0.141. The summed E-state index contributed by atoms with van der Waals surface area (Å²) in [4.78, 5) is 9.99. The molecule has 14 aromatic carbocycles. The minimum atomic E-state index is -0.0401. The van der Waals surface area contributed by atoms with Crippen molar-refractivity contribution in [2.75, 3.05) is 19.6 Å². The third kappa shape index (κ3) is 8.71. The van der Waals surface area contributed by atoms with Crippen LogP contribution in [0.5, 0.6) is 0 Å². The minimum absolute atomic E-state index is 0.0401. The Bertz CT molecular complexity index is 6090. The van der Waals surface area contributed by atoms with E-state index in [4.69, 9.17) is 8.83 Å². The van der Waals surface area contributed by atoms with E-state index in [0.29, 0.717) is 6.42 Å². The van der Waals surface area contributed by atoms with Crippen molar-refractivity contribution in [2.24, 2.45) is 0 Å². The fourth-order valence-corrected chi connectivity index (χ4v) is 17.2. The molecule has 0 bridgehead atoms. The highest BCUT2D eigenvalue weighted by Gasteiger charge is 2.45. The molecule has 6 nitrogen and oxygen atoms in total. The molecule has 0 saturated heterocycles. The van der Waals surface area contributed by atoms with Crippen molar-refractivity contribution in [2.45, 2.75) is 48.0 Å². The zero-order valence-corrected chi connectivity index (χ0v) is 56.0. The van der Waals surface area contributed by atoms with Gasteiger partial charge in [-0.2, -0.15) is 0 Å². The predicted octanol–water partition coefficient (Wildman–Crippen LogP) is 20.4. The summed E-state index contributed by atoms with van der Waals surface area (Å²) in [7, 11) is 0. The van der Waals surface area contributed by atoms with Crippen molar-refractivity contribution >= 4 is 158 Å². The molecule has 0 amide bonds. The van der Waals surface area contributed by atoms with Crippen LogP contribution in [-0.2, 0) is 6.42 Å². The van der Waals surface area contributed by atoms with Crippen molar-refractivity contribution in [3.05, 3.63) is 324 Å². The van der Waals surface area contributed by atoms with Crippen LogP contribution in [0.3, 0.4) is 0 Å². The monoisotopic (exact) mass is 1270 g/mol.